The fourth-order valence-corrected chi connectivity index (χ4v) is 11.3. The molecule has 0 saturated heterocycles. The van der Waals surface area contributed by atoms with Crippen LogP contribution in [0.2, 0.25) is 38.8 Å². The van der Waals surface area contributed by atoms with E-state index < -0.39 is 16.9 Å². The van der Waals surface area contributed by atoms with Gasteiger partial charge in [0.15, 0.2) is 8.32 Å². The summed E-state index contributed by atoms with van der Waals surface area (Å²) >= 11 is 0. The average molecular weight is 306 g/mol. The molecular weight excluding hydrogens is 278 g/mol. The molecule has 0 saturated carbocycles. The zero-order chi connectivity index (χ0) is 14.4. The summed E-state index contributed by atoms with van der Waals surface area (Å²) in [6.45, 7) is 12.6. The predicted octanol–water partition coefficient (Wildman–Crippen LogP) is 2.50. The van der Waals surface area contributed by atoms with E-state index in [9.17, 15) is 4.79 Å². The minimum atomic E-state index is -1.99. The Morgan fingerprint density at radius 2 is 1.89 bits per heavy atom. The third-order valence-corrected chi connectivity index (χ3v) is 11.3. The van der Waals surface area contributed by atoms with Gasteiger partial charge in [-0.05, 0) is 51.6 Å². The summed E-state index contributed by atoms with van der Waals surface area (Å²) in [5.74, 6) is -0.204. The van der Waals surface area contributed by atoms with Gasteiger partial charge in [0, 0.05) is 5.92 Å². The van der Waals surface area contributed by atoms with Crippen molar-refractivity contribution in [1.29, 1.82) is 0 Å². The van der Waals surface area contributed by atoms with Crippen LogP contribution in [0.3, 0.4) is 0 Å². The normalized spacial score (nSPS) is 14.6. The zero-order valence-corrected chi connectivity index (χ0v) is 15.5. The first-order valence-corrected chi connectivity index (χ1v) is 13.8. The van der Waals surface area contributed by atoms with Crippen LogP contribution in [-0.4, -0.2) is 32.5 Å². The minimum Gasteiger partial charge on any atom is -0.437 e. The van der Waals surface area contributed by atoms with E-state index in [1.165, 1.54) is 0 Å². The van der Waals surface area contributed by atoms with E-state index in [1.54, 1.807) is 0 Å². The van der Waals surface area contributed by atoms with Crippen LogP contribution in [0.4, 0.5) is 0 Å². The lowest BCUT2D eigenvalue weighted by molar-refractivity contribution is -0.121. The molecule has 0 bridgehead atoms. The molecule has 7 heteroatoms. The first-order chi connectivity index (χ1) is 8.13. The molecule has 0 aliphatic rings. The molecule has 0 aliphatic heterocycles. The highest BCUT2D eigenvalue weighted by atomic mass is 28.5. The second-order valence-corrected chi connectivity index (χ2v) is 14.5. The van der Waals surface area contributed by atoms with Gasteiger partial charge in [-0.2, -0.15) is 0 Å². The molecule has 0 heterocycles. The van der Waals surface area contributed by atoms with E-state index in [0.29, 0.717) is 9.76 Å². The van der Waals surface area contributed by atoms with Crippen molar-refractivity contribution in [3.63, 3.8) is 0 Å². The van der Waals surface area contributed by atoms with Crippen molar-refractivity contribution in [2.24, 2.45) is 11.7 Å². The summed E-state index contributed by atoms with van der Waals surface area (Å²) in [7, 11) is -3.28. The molecule has 18 heavy (non-hydrogen) atoms. The van der Waals surface area contributed by atoms with Gasteiger partial charge >= 0.3 is 8.56 Å². The molecule has 0 aromatic heterocycles. The van der Waals surface area contributed by atoms with Gasteiger partial charge in [-0.25, -0.2) is 0 Å². The van der Waals surface area contributed by atoms with Crippen molar-refractivity contribution in [3.05, 3.63) is 0 Å². The number of carbonyl (C=O) groups is 1. The Morgan fingerprint density at radius 3 is 2.28 bits per heavy atom. The zero-order valence-electron chi connectivity index (χ0n) is 12.5. The first-order valence-electron chi connectivity index (χ1n) is 6.48. The molecule has 1 unspecified atom stereocenters. The predicted molar refractivity (Wildman–Crippen MR) is 81.2 cm³/mol. The standard InChI is InChI=1S/C11H27NO3Si3/c1-7-10(11(12)13)8-9-17(3,4)15-18(5,6)14-16-2/h10H,7-9H2,1-6H3,(H2,12,13). The molecule has 2 N–H and O–H groups in total. The van der Waals surface area contributed by atoms with E-state index in [2.05, 4.69) is 26.2 Å². The Bertz CT molecular complexity index is 272. The summed E-state index contributed by atoms with van der Waals surface area (Å²) in [5.41, 5.74) is 5.37. The molecule has 106 valence electrons. The highest BCUT2D eigenvalue weighted by Gasteiger charge is 2.34. The molecule has 0 aromatic carbocycles. The second kappa shape index (κ2) is 7.59. The van der Waals surface area contributed by atoms with Gasteiger partial charge in [0.05, 0.1) is 0 Å². The van der Waals surface area contributed by atoms with Crippen molar-refractivity contribution >= 4 is 32.5 Å². The first kappa shape index (κ1) is 18.0. The maximum Gasteiger partial charge on any atom is 0.310 e. The van der Waals surface area contributed by atoms with Crippen molar-refractivity contribution in [2.45, 2.75) is 58.5 Å². The molecule has 1 atom stereocenters. The SMILES string of the molecule is CCC(CC[Si](C)(C)O[Si](C)(C)O[Si]C)C(N)=O. The van der Waals surface area contributed by atoms with Gasteiger partial charge in [0.2, 0.25) is 15.7 Å². The Morgan fingerprint density at radius 1 is 1.33 bits per heavy atom. The maximum atomic E-state index is 11.2. The van der Waals surface area contributed by atoms with Gasteiger partial charge in [-0.15, -0.1) is 0 Å². The third-order valence-electron chi connectivity index (χ3n) is 2.86. The number of carbonyl (C=O) groups excluding carboxylic acids is 1. The summed E-state index contributed by atoms with van der Waals surface area (Å²) < 4.78 is 12.0. The monoisotopic (exact) mass is 305 g/mol. The second-order valence-electron chi connectivity index (χ2n) is 5.61. The van der Waals surface area contributed by atoms with Gasteiger partial charge in [-0.1, -0.05) is 6.92 Å². The Balaban J connectivity index is 4.34. The fraction of sp³-hybridized carbons (Fsp3) is 0.909. The Hall–Kier alpha value is 0.0406. The van der Waals surface area contributed by atoms with Crippen molar-refractivity contribution in [1.82, 2.24) is 0 Å². The quantitative estimate of drug-likeness (QED) is 0.666. The highest BCUT2D eigenvalue weighted by Crippen LogP contribution is 2.23. The van der Waals surface area contributed by atoms with Crippen LogP contribution in [0.25, 0.3) is 0 Å². The number of rotatable bonds is 9. The average Bonchev–Trinajstić information content (AvgIpc) is 2.15. The third kappa shape index (κ3) is 7.47. The van der Waals surface area contributed by atoms with Crippen LogP contribution in [0.15, 0.2) is 0 Å². The molecule has 0 rings (SSSR count). The highest BCUT2D eigenvalue weighted by molar-refractivity contribution is 6.83. The summed E-state index contributed by atoms with van der Waals surface area (Å²) in [5, 5.41) is 0. The number of hydrogen-bond acceptors (Lipinski definition) is 3. The molecule has 4 nitrogen and oxygen atoms in total. The molecule has 2 radical (unpaired) electrons. The van der Waals surface area contributed by atoms with Gasteiger partial charge < -0.3 is 14.0 Å². The fourth-order valence-electron chi connectivity index (χ4n) is 2.05. The number of nitrogens with two attached hydrogens (primary N) is 1. The molecule has 0 aliphatic carbocycles. The van der Waals surface area contributed by atoms with Crippen LogP contribution >= 0.6 is 0 Å². The van der Waals surface area contributed by atoms with E-state index >= 15 is 0 Å². The van der Waals surface area contributed by atoms with Crippen LogP contribution in [0, 0.1) is 5.92 Å². The van der Waals surface area contributed by atoms with Crippen molar-refractivity contribution in [2.75, 3.05) is 0 Å². The van der Waals surface area contributed by atoms with Crippen LogP contribution in [0.1, 0.15) is 19.8 Å². The smallest absolute Gasteiger partial charge is 0.310 e. The van der Waals surface area contributed by atoms with Crippen LogP contribution in [0.5, 0.6) is 0 Å². The largest absolute Gasteiger partial charge is 0.437 e. The van der Waals surface area contributed by atoms with E-state index in [1.807, 2.05) is 13.5 Å². The van der Waals surface area contributed by atoms with E-state index in [4.69, 9.17) is 14.0 Å². The summed E-state index contributed by atoms with van der Waals surface area (Å²) in [6.07, 6.45) is 1.65. The lowest BCUT2D eigenvalue weighted by Crippen LogP contribution is -2.47. The number of amides is 1. The maximum absolute atomic E-state index is 11.2. The van der Waals surface area contributed by atoms with Crippen molar-refractivity contribution in [3.8, 4) is 0 Å². The van der Waals surface area contributed by atoms with Crippen LogP contribution in [-0.2, 0) is 13.0 Å². The van der Waals surface area contributed by atoms with Gasteiger partial charge in [-0.3, -0.25) is 4.79 Å². The summed E-state index contributed by atoms with van der Waals surface area (Å²) in [6, 6.07) is 0.959. The Kier molecular flexibility index (Phi) is 7.60. The lowest BCUT2D eigenvalue weighted by Gasteiger charge is -2.33. The van der Waals surface area contributed by atoms with Gasteiger partial charge in [0.1, 0.15) is 0 Å². The summed E-state index contributed by atoms with van der Waals surface area (Å²) in [4.78, 5) is 11.2. The number of hydrogen-bond donors (Lipinski definition) is 1. The Labute approximate surface area is 116 Å². The van der Waals surface area contributed by atoms with Crippen LogP contribution < -0.4 is 5.73 Å². The number of primary amides is 1. The lowest BCUT2D eigenvalue weighted by atomic mass is 10.0. The molecular formula is C11H27NO3Si3. The molecule has 0 aromatic rings. The van der Waals surface area contributed by atoms with E-state index in [0.717, 1.165) is 18.9 Å². The molecule has 0 spiro atoms. The van der Waals surface area contributed by atoms with Crippen molar-refractivity contribution < 1.29 is 13.0 Å². The van der Waals surface area contributed by atoms with Gasteiger partial charge in [0.25, 0.3) is 0 Å². The van der Waals surface area contributed by atoms with E-state index in [-0.39, 0.29) is 11.8 Å². The minimum absolute atomic E-state index is 0.0147. The topological polar surface area (TPSA) is 61.6 Å². The molecule has 0 fully saturated rings. The molecule has 1 amide bonds.